The van der Waals surface area contributed by atoms with Gasteiger partial charge in [-0.25, -0.2) is 4.98 Å². The summed E-state index contributed by atoms with van der Waals surface area (Å²) in [6, 6.07) is 0. The molecule has 0 aromatic carbocycles. The molecule has 84 valence electrons. The van der Waals surface area contributed by atoms with Gasteiger partial charge in [-0.3, -0.25) is 4.79 Å². The van der Waals surface area contributed by atoms with Crippen LogP contribution in [0.3, 0.4) is 0 Å². The minimum absolute atomic E-state index is 0.0850. The van der Waals surface area contributed by atoms with Crippen LogP contribution in [0.15, 0.2) is 0 Å². The fraction of sp³-hybridized carbons (Fsp3) is 0.500. The number of carbonyl (C=O) groups is 1. The van der Waals surface area contributed by atoms with E-state index < -0.39 is 0 Å². The molecule has 0 radical (unpaired) electrons. The third-order valence-electron chi connectivity index (χ3n) is 2.78. The molecule has 1 aromatic heterocycles. The van der Waals surface area contributed by atoms with Gasteiger partial charge in [-0.15, -0.1) is 23.7 Å². The van der Waals surface area contributed by atoms with Gasteiger partial charge in [0.2, 0.25) is 5.91 Å². The number of carbonyl (C=O) groups excluding carboxylic acids is 1. The number of aryl methyl sites for hydroxylation is 2. The van der Waals surface area contributed by atoms with E-state index in [0.29, 0.717) is 19.5 Å². The van der Waals surface area contributed by atoms with E-state index in [1.807, 2.05) is 18.7 Å². The van der Waals surface area contributed by atoms with Crippen molar-refractivity contribution in [2.24, 2.45) is 5.92 Å². The highest BCUT2D eigenvalue weighted by Crippen LogP contribution is 2.24. The Kier molecular flexibility index (Phi) is 2.97. The Morgan fingerprint density at radius 1 is 1.62 bits per heavy atom. The SMILES string of the molecule is C#CC1CC(=O)N(Cc2sc(C)nc2C)C1. The summed E-state index contributed by atoms with van der Waals surface area (Å²) in [5, 5.41) is 1.05. The third-order valence-corrected chi connectivity index (χ3v) is 3.84. The molecule has 0 saturated carbocycles. The van der Waals surface area contributed by atoms with Crippen LogP contribution in [0.4, 0.5) is 0 Å². The number of rotatable bonds is 2. The van der Waals surface area contributed by atoms with E-state index >= 15 is 0 Å². The second-order valence-corrected chi connectivity index (χ2v) is 5.37. The van der Waals surface area contributed by atoms with Gasteiger partial charge in [-0.2, -0.15) is 0 Å². The van der Waals surface area contributed by atoms with Gasteiger partial charge < -0.3 is 4.90 Å². The van der Waals surface area contributed by atoms with Gasteiger partial charge in [-0.1, -0.05) is 0 Å². The van der Waals surface area contributed by atoms with E-state index in [1.54, 1.807) is 11.3 Å². The Morgan fingerprint density at radius 2 is 2.38 bits per heavy atom. The molecule has 16 heavy (non-hydrogen) atoms. The Labute approximate surface area is 99.5 Å². The molecule has 1 fully saturated rings. The number of likely N-dealkylation sites (tertiary alicyclic amines) is 1. The number of hydrogen-bond donors (Lipinski definition) is 0. The highest BCUT2D eigenvalue weighted by Gasteiger charge is 2.28. The summed E-state index contributed by atoms with van der Waals surface area (Å²) in [7, 11) is 0. The predicted octanol–water partition coefficient (Wildman–Crippen LogP) is 1.74. The zero-order valence-electron chi connectivity index (χ0n) is 9.49. The number of hydrogen-bond acceptors (Lipinski definition) is 3. The van der Waals surface area contributed by atoms with Crippen LogP contribution in [-0.2, 0) is 11.3 Å². The van der Waals surface area contributed by atoms with Gasteiger partial charge in [0.25, 0.3) is 0 Å². The first-order chi connectivity index (χ1) is 7.60. The van der Waals surface area contributed by atoms with Crippen LogP contribution < -0.4 is 0 Å². The summed E-state index contributed by atoms with van der Waals surface area (Å²) < 4.78 is 0. The Morgan fingerprint density at radius 3 is 2.88 bits per heavy atom. The highest BCUT2D eigenvalue weighted by molar-refractivity contribution is 7.11. The van der Waals surface area contributed by atoms with E-state index in [4.69, 9.17) is 6.42 Å². The van der Waals surface area contributed by atoms with Crippen LogP contribution >= 0.6 is 11.3 Å². The topological polar surface area (TPSA) is 33.2 Å². The maximum Gasteiger partial charge on any atom is 0.224 e. The lowest BCUT2D eigenvalue weighted by molar-refractivity contribution is -0.128. The monoisotopic (exact) mass is 234 g/mol. The van der Waals surface area contributed by atoms with Gasteiger partial charge in [0.1, 0.15) is 0 Å². The summed E-state index contributed by atoms with van der Waals surface area (Å²) in [6.07, 6.45) is 5.84. The minimum atomic E-state index is 0.0850. The van der Waals surface area contributed by atoms with Crippen molar-refractivity contribution >= 4 is 17.2 Å². The van der Waals surface area contributed by atoms with E-state index in [0.717, 1.165) is 10.7 Å². The zero-order chi connectivity index (χ0) is 11.7. The molecule has 1 unspecified atom stereocenters. The molecule has 0 spiro atoms. The van der Waals surface area contributed by atoms with E-state index in [2.05, 4.69) is 10.9 Å². The van der Waals surface area contributed by atoms with E-state index in [9.17, 15) is 4.79 Å². The molecule has 2 heterocycles. The van der Waals surface area contributed by atoms with Crippen molar-refractivity contribution in [2.75, 3.05) is 6.54 Å². The molecular weight excluding hydrogens is 220 g/mol. The maximum atomic E-state index is 11.7. The molecule has 1 aromatic rings. The smallest absolute Gasteiger partial charge is 0.224 e. The summed E-state index contributed by atoms with van der Waals surface area (Å²) in [5.41, 5.74) is 1.03. The Hall–Kier alpha value is -1.34. The average molecular weight is 234 g/mol. The lowest BCUT2D eigenvalue weighted by Gasteiger charge is -2.14. The van der Waals surface area contributed by atoms with Crippen molar-refractivity contribution in [1.29, 1.82) is 0 Å². The van der Waals surface area contributed by atoms with Crippen LogP contribution in [0.25, 0.3) is 0 Å². The van der Waals surface area contributed by atoms with Gasteiger partial charge in [0.15, 0.2) is 0 Å². The van der Waals surface area contributed by atoms with Gasteiger partial charge in [-0.05, 0) is 13.8 Å². The molecule has 0 N–H and O–H groups in total. The molecule has 0 bridgehead atoms. The van der Waals surface area contributed by atoms with E-state index in [1.165, 1.54) is 4.88 Å². The number of amides is 1. The van der Waals surface area contributed by atoms with Crippen LogP contribution in [0.1, 0.15) is 22.0 Å². The van der Waals surface area contributed by atoms with Crippen LogP contribution in [0.5, 0.6) is 0 Å². The Bertz CT molecular complexity index is 458. The van der Waals surface area contributed by atoms with Crippen molar-refractivity contribution in [3.8, 4) is 12.3 Å². The molecule has 4 heteroatoms. The summed E-state index contributed by atoms with van der Waals surface area (Å²) in [6.45, 7) is 5.31. The zero-order valence-corrected chi connectivity index (χ0v) is 10.3. The van der Waals surface area contributed by atoms with Crippen molar-refractivity contribution < 1.29 is 4.79 Å². The molecular formula is C12H14N2OS. The number of aromatic nitrogens is 1. The fourth-order valence-corrected chi connectivity index (χ4v) is 2.88. The van der Waals surface area contributed by atoms with Crippen molar-refractivity contribution in [3.63, 3.8) is 0 Å². The summed E-state index contributed by atoms with van der Waals surface area (Å²) in [5.74, 6) is 2.90. The number of thiazole rings is 1. The van der Waals surface area contributed by atoms with Gasteiger partial charge in [0.05, 0.1) is 17.2 Å². The van der Waals surface area contributed by atoms with E-state index in [-0.39, 0.29) is 11.8 Å². The van der Waals surface area contributed by atoms with Crippen molar-refractivity contribution in [1.82, 2.24) is 9.88 Å². The first kappa shape index (κ1) is 11.2. The minimum Gasteiger partial charge on any atom is -0.336 e. The Balaban J connectivity index is 2.09. The highest BCUT2D eigenvalue weighted by atomic mass is 32.1. The van der Waals surface area contributed by atoms with Crippen LogP contribution in [0.2, 0.25) is 0 Å². The first-order valence-electron chi connectivity index (χ1n) is 5.27. The molecule has 2 rings (SSSR count). The average Bonchev–Trinajstić information content (AvgIpc) is 2.72. The number of nitrogens with zero attached hydrogens (tertiary/aromatic N) is 2. The normalized spacial score (nSPS) is 20.2. The van der Waals surface area contributed by atoms with Gasteiger partial charge >= 0.3 is 0 Å². The van der Waals surface area contributed by atoms with Crippen LogP contribution in [-0.4, -0.2) is 22.3 Å². The molecule has 1 aliphatic rings. The molecule has 1 atom stereocenters. The fourth-order valence-electron chi connectivity index (χ4n) is 1.93. The van der Waals surface area contributed by atoms with Gasteiger partial charge in [0, 0.05) is 23.8 Å². The summed E-state index contributed by atoms with van der Waals surface area (Å²) >= 11 is 1.66. The molecule has 1 amide bonds. The lowest BCUT2D eigenvalue weighted by atomic mass is 10.1. The van der Waals surface area contributed by atoms with Crippen molar-refractivity contribution in [2.45, 2.75) is 26.8 Å². The second kappa shape index (κ2) is 4.26. The molecule has 3 nitrogen and oxygen atoms in total. The number of terminal acetylenes is 1. The predicted molar refractivity (Wildman–Crippen MR) is 63.9 cm³/mol. The van der Waals surface area contributed by atoms with Crippen LogP contribution in [0, 0.1) is 32.1 Å². The third kappa shape index (κ3) is 2.10. The molecule has 1 saturated heterocycles. The summed E-state index contributed by atoms with van der Waals surface area (Å²) in [4.78, 5) is 19.0. The largest absolute Gasteiger partial charge is 0.336 e. The first-order valence-corrected chi connectivity index (χ1v) is 6.08. The molecule has 1 aliphatic heterocycles. The standard InChI is InChI=1S/C12H14N2OS/c1-4-10-5-12(15)14(6-10)7-11-8(2)13-9(3)16-11/h1,10H,5-7H2,2-3H3. The lowest BCUT2D eigenvalue weighted by Crippen LogP contribution is -2.24. The molecule has 0 aliphatic carbocycles. The van der Waals surface area contributed by atoms with Crippen molar-refractivity contribution in [3.05, 3.63) is 15.6 Å². The quantitative estimate of drug-likeness (QED) is 0.730. The maximum absolute atomic E-state index is 11.7. The second-order valence-electron chi connectivity index (χ2n) is 4.08.